The third-order valence-corrected chi connectivity index (χ3v) is 5.29. The van der Waals surface area contributed by atoms with Crippen LogP contribution >= 0.6 is 0 Å². The number of carbonyl (C=O) groups excluding carboxylic acids is 1. The lowest BCUT2D eigenvalue weighted by molar-refractivity contribution is -0.135. The summed E-state index contributed by atoms with van der Waals surface area (Å²) in [4.78, 5) is 17.3. The third kappa shape index (κ3) is 3.34. The minimum Gasteiger partial charge on any atom is -0.341 e. The first-order valence-electron chi connectivity index (χ1n) is 8.61. The molecule has 0 aromatic heterocycles. The second kappa shape index (κ2) is 6.90. The van der Waals surface area contributed by atoms with Crippen LogP contribution in [0, 0.1) is 0 Å². The van der Waals surface area contributed by atoms with Crippen LogP contribution in [0.4, 0.5) is 0 Å². The zero-order valence-corrected chi connectivity index (χ0v) is 12.6. The van der Waals surface area contributed by atoms with E-state index in [1.807, 2.05) is 0 Å². The Hall–Kier alpha value is -0.610. The molecule has 0 aromatic carbocycles. The van der Waals surface area contributed by atoms with E-state index >= 15 is 0 Å². The molecule has 3 fully saturated rings. The summed E-state index contributed by atoms with van der Waals surface area (Å²) in [6.07, 6.45) is 9.82. The summed E-state index contributed by atoms with van der Waals surface area (Å²) in [5.74, 6) is 0.367. The zero-order valence-electron chi connectivity index (χ0n) is 12.6. The highest BCUT2D eigenvalue weighted by molar-refractivity contribution is 5.82. The van der Waals surface area contributed by atoms with Crippen LogP contribution in [-0.2, 0) is 4.79 Å². The van der Waals surface area contributed by atoms with Crippen molar-refractivity contribution in [1.29, 1.82) is 0 Å². The van der Waals surface area contributed by atoms with Crippen LogP contribution in [0.1, 0.15) is 51.4 Å². The first kappa shape index (κ1) is 14.3. The van der Waals surface area contributed by atoms with Crippen molar-refractivity contribution in [3.63, 3.8) is 0 Å². The van der Waals surface area contributed by atoms with Gasteiger partial charge in [0.1, 0.15) is 0 Å². The fourth-order valence-corrected chi connectivity index (χ4v) is 4.02. The van der Waals surface area contributed by atoms with Gasteiger partial charge in [-0.05, 0) is 58.2 Å². The van der Waals surface area contributed by atoms with Gasteiger partial charge in [-0.15, -0.1) is 0 Å². The van der Waals surface area contributed by atoms with Gasteiger partial charge in [0.25, 0.3) is 0 Å². The highest BCUT2D eigenvalue weighted by Gasteiger charge is 2.31. The first-order chi connectivity index (χ1) is 9.84. The summed E-state index contributed by atoms with van der Waals surface area (Å²) in [5, 5.41) is 3.44. The van der Waals surface area contributed by atoms with Gasteiger partial charge in [0.15, 0.2) is 0 Å². The molecular weight excluding hydrogens is 250 g/mol. The monoisotopic (exact) mass is 279 g/mol. The molecule has 20 heavy (non-hydrogen) atoms. The highest BCUT2D eigenvalue weighted by Crippen LogP contribution is 2.22. The number of hydrogen-bond acceptors (Lipinski definition) is 3. The summed E-state index contributed by atoms with van der Waals surface area (Å²) in [7, 11) is 0. The summed E-state index contributed by atoms with van der Waals surface area (Å²) in [6, 6.07) is 0.837. The molecule has 0 radical (unpaired) electrons. The van der Waals surface area contributed by atoms with Gasteiger partial charge in [-0.3, -0.25) is 4.79 Å². The van der Waals surface area contributed by atoms with Crippen molar-refractivity contribution in [3.05, 3.63) is 0 Å². The predicted octanol–water partition coefficient (Wildman–Crippen LogP) is 1.61. The molecule has 0 saturated carbocycles. The molecule has 3 rings (SSSR count). The molecule has 114 valence electrons. The van der Waals surface area contributed by atoms with E-state index in [1.165, 1.54) is 58.0 Å². The Labute approximate surface area is 122 Å². The lowest BCUT2D eigenvalue weighted by Crippen LogP contribution is -2.51. The van der Waals surface area contributed by atoms with Crippen LogP contribution < -0.4 is 5.32 Å². The van der Waals surface area contributed by atoms with Crippen molar-refractivity contribution in [3.8, 4) is 0 Å². The zero-order chi connectivity index (χ0) is 13.8. The summed E-state index contributed by atoms with van der Waals surface area (Å²) < 4.78 is 0. The van der Waals surface area contributed by atoms with Crippen LogP contribution in [0.25, 0.3) is 0 Å². The Bertz CT molecular complexity index is 312. The Kier molecular flexibility index (Phi) is 4.94. The molecule has 1 unspecified atom stereocenters. The normalized spacial score (nSPS) is 30.4. The second-order valence-electron chi connectivity index (χ2n) is 6.66. The molecule has 4 nitrogen and oxygen atoms in total. The molecule has 3 saturated heterocycles. The standard InChI is InChI=1S/C16H29N3O/c20-16(15-6-2-1-3-9-17-15)19-12-7-14(8-13-19)18-10-4-5-11-18/h14-15,17H,1-13H2. The largest absolute Gasteiger partial charge is 0.341 e. The maximum Gasteiger partial charge on any atom is 0.239 e. The molecule has 1 amide bonds. The first-order valence-corrected chi connectivity index (χ1v) is 8.61. The molecule has 0 aliphatic carbocycles. The lowest BCUT2D eigenvalue weighted by Gasteiger charge is -2.38. The van der Waals surface area contributed by atoms with Crippen molar-refractivity contribution in [2.75, 3.05) is 32.7 Å². The lowest BCUT2D eigenvalue weighted by atomic mass is 10.0. The predicted molar refractivity (Wildman–Crippen MR) is 80.7 cm³/mol. The van der Waals surface area contributed by atoms with E-state index < -0.39 is 0 Å². The van der Waals surface area contributed by atoms with Crippen LogP contribution in [0.15, 0.2) is 0 Å². The summed E-state index contributed by atoms with van der Waals surface area (Å²) >= 11 is 0. The van der Waals surface area contributed by atoms with Gasteiger partial charge in [-0.25, -0.2) is 0 Å². The Morgan fingerprint density at radius 2 is 1.60 bits per heavy atom. The topological polar surface area (TPSA) is 35.6 Å². The second-order valence-corrected chi connectivity index (χ2v) is 6.66. The van der Waals surface area contributed by atoms with E-state index in [2.05, 4.69) is 15.1 Å². The SMILES string of the molecule is O=C(C1CCCCCN1)N1CCC(N2CCCC2)CC1. The van der Waals surface area contributed by atoms with Gasteiger partial charge in [0, 0.05) is 19.1 Å². The van der Waals surface area contributed by atoms with E-state index in [-0.39, 0.29) is 6.04 Å². The Balaban J connectivity index is 1.48. The van der Waals surface area contributed by atoms with E-state index in [1.54, 1.807) is 0 Å². The number of hydrogen-bond donors (Lipinski definition) is 1. The average Bonchev–Trinajstić information content (AvgIpc) is 2.89. The Morgan fingerprint density at radius 3 is 2.35 bits per heavy atom. The van der Waals surface area contributed by atoms with E-state index in [0.29, 0.717) is 5.91 Å². The molecular formula is C16H29N3O. The average molecular weight is 279 g/mol. The van der Waals surface area contributed by atoms with Crippen molar-refractivity contribution in [2.45, 2.75) is 63.5 Å². The number of piperidine rings is 1. The van der Waals surface area contributed by atoms with E-state index in [9.17, 15) is 4.79 Å². The molecule has 3 aliphatic rings. The van der Waals surface area contributed by atoms with Gasteiger partial charge >= 0.3 is 0 Å². The number of likely N-dealkylation sites (tertiary alicyclic amines) is 2. The van der Waals surface area contributed by atoms with Crippen molar-refractivity contribution in [1.82, 2.24) is 15.1 Å². The molecule has 1 atom stereocenters. The van der Waals surface area contributed by atoms with Gasteiger partial charge < -0.3 is 15.1 Å². The fourth-order valence-electron chi connectivity index (χ4n) is 4.02. The number of carbonyl (C=O) groups is 1. The fraction of sp³-hybridized carbons (Fsp3) is 0.938. The van der Waals surface area contributed by atoms with Crippen LogP contribution in [0.5, 0.6) is 0 Å². The smallest absolute Gasteiger partial charge is 0.239 e. The summed E-state index contributed by atoms with van der Waals surface area (Å²) in [6.45, 7) is 5.52. The molecule has 0 bridgehead atoms. The minimum absolute atomic E-state index is 0.0980. The van der Waals surface area contributed by atoms with E-state index in [0.717, 1.165) is 32.1 Å². The molecule has 4 heteroatoms. The molecule has 1 N–H and O–H groups in total. The number of rotatable bonds is 2. The van der Waals surface area contributed by atoms with Crippen molar-refractivity contribution < 1.29 is 4.79 Å². The third-order valence-electron chi connectivity index (χ3n) is 5.29. The molecule has 3 aliphatic heterocycles. The maximum absolute atomic E-state index is 12.6. The number of nitrogens with one attached hydrogen (secondary N) is 1. The highest BCUT2D eigenvalue weighted by atomic mass is 16.2. The van der Waals surface area contributed by atoms with Gasteiger partial charge in [0.2, 0.25) is 5.91 Å². The molecule has 3 heterocycles. The quantitative estimate of drug-likeness (QED) is 0.834. The number of amides is 1. The number of nitrogens with zero attached hydrogens (tertiary/aromatic N) is 2. The van der Waals surface area contributed by atoms with Gasteiger partial charge in [0.05, 0.1) is 6.04 Å². The molecule has 0 aromatic rings. The van der Waals surface area contributed by atoms with Crippen molar-refractivity contribution >= 4 is 5.91 Å². The molecule has 0 spiro atoms. The maximum atomic E-state index is 12.6. The Morgan fingerprint density at radius 1 is 0.850 bits per heavy atom. The van der Waals surface area contributed by atoms with Gasteiger partial charge in [-0.1, -0.05) is 12.8 Å². The van der Waals surface area contributed by atoms with Gasteiger partial charge in [-0.2, -0.15) is 0 Å². The van der Waals surface area contributed by atoms with Crippen molar-refractivity contribution in [2.24, 2.45) is 0 Å². The van der Waals surface area contributed by atoms with Crippen LogP contribution in [0.2, 0.25) is 0 Å². The minimum atomic E-state index is 0.0980. The van der Waals surface area contributed by atoms with Crippen LogP contribution in [-0.4, -0.2) is 60.5 Å². The van der Waals surface area contributed by atoms with E-state index in [4.69, 9.17) is 0 Å². The summed E-state index contributed by atoms with van der Waals surface area (Å²) in [5.41, 5.74) is 0. The van der Waals surface area contributed by atoms with Crippen LogP contribution in [0.3, 0.4) is 0 Å².